The summed E-state index contributed by atoms with van der Waals surface area (Å²) in [5, 5.41) is 9.49. The van der Waals surface area contributed by atoms with Gasteiger partial charge in [-0.25, -0.2) is 4.98 Å². The smallest absolute Gasteiger partial charge is 0.416 e. The Labute approximate surface area is 187 Å². The van der Waals surface area contributed by atoms with Crippen LogP contribution in [0.15, 0.2) is 55.0 Å². The van der Waals surface area contributed by atoms with Crippen molar-refractivity contribution in [3.05, 3.63) is 77.5 Å². The first-order valence-electron chi connectivity index (χ1n) is 9.90. The number of halogens is 3. The number of nitrogens with zero attached hydrogens (tertiary/aromatic N) is 3. The molecule has 2 aromatic carbocycles. The number of ether oxygens (including phenoxy) is 1. The molecule has 2 N–H and O–H groups in total. The lowest BCUT2D eigenvalue weighted by Gasteiger charge is -2.12. The maximum absolute atomic E-state index is 13.2. The third-order valence-electron chi connectivity index (χ3n) is 5.09. The molecule has 0 bridgehead atoms. The number of carbonyl (C=O) groups is 1. The van der Waals surface area contributed by atoms with E-state index in [1.165, 1.54) is 19.2 Å². The summed E-state index contributed by atoms with van der Waals surface area (Å²) in [5.41, 5.74) is 2.23. The van der Waals surface area contributed by atoms with Gasteiger partial charge in [-0.05, 0) is 49.7 Å². The fraction of sp³-hybridized carbons (Fsp3) is 0.174. The zero-order valence-corrected chi connectivity index (χ0v) is 18.0. The lowest BCUT2D eigenvalue weighted by molar-refractivity contribution is -0.137. The highest BCUT2D eigenvalue weighted by atomic mass is 19.4. The van der Waals surface area contributed by atoms with Crippen molar-refractivity contribution in [2.24, 2.45) is 0 Å². The minimum Gasteiger partial charge on any atom is -0.495 e. The van der Waals surface area contributed by atoms with Gasteiger partial charge in [0.2, 0.25) is 0 Å². The van der Waals surface area contributed by atoms with E-state index in [0.29, 0.717) is 28.3 Å². The summed E-state index contributed by atoms with van der Waals surface area (Å²) in [6.45, 7) is 3.53. The number of alkyl halides is 3. The Kier molecular flexibility index (Phi) is 5.67. The summed E-state index contributed by atoms with van der Waals surface area (Å²) < 4.78 is 46.7. The van der Waals surface area contributed by atoms with Crippen molar-refractivity contribution in [2.45, 2.75) is 20.0 Å². The predicted molar refractivity (Wildman–Crippen MR) is 117 cm³/mol. The van der Waals surface area contributed by atoms with Gasteiger partial charge < -0.3 is 14.6 Å². The highest BCUT2D eigenvalue weighted by Crippen LogP contribution is 2.35. The fourth-order valence-electron chi connectivity index (χ4n) is 3.49. The highest BCUT2D eigenvalue weighted by Gasteiger charge is 2.31. The standard InChI is InChI=1S/C23H20F3N5O2/c1-13-11-31(12-27-13)18-8-7-16(10-19(18)33-3)22(32)28-21-20(14(2)29-30-21)15-5-4-6-17(9-15)23(24,25)26/h4-12H,1-3H3,(H2,28,29,30,32). The second kappa shape index (κ2) is 8.45. The van der Waals surface area contributed by atoms with Crippen LogP contribution in [0.3, 0.4) is 0 Å². The number of benzene rings is 2. The highest BCUT2D eigenvalue weighted by molar-refractivity contribution is 6.06. The van der Waals surface area contributed by atoms with Gasteiger partial charge in [-0.3, -0.25) is 9.89 Å². The van der Waals surface area contributed by atoms with Crippen molar-refractivity contribution in [2.75, 3.05) is 12.4 Å². The van der Waals surface area contributed by atoms with Crippen molar-refractivity contribution in [3.8, 4) is 22.6 Å². The molecular weight excluding hydrogens is 435 g/mol. The van der Waals surface area contributed by atoms with Crippen LogP contribution in [0, 0.1) is 13.8 Å². The van der Waals surface area contributed by atoms with Crippen LogP contribution in [-0.2, 0) is 6.18 Å². The zero-order chi connectivity index (χ0) is 23.8. The summed E-state index contributed by atoms with van der Waals surface area (Å²) in [5.74, 6) is 0.0999. The van der Waals surface area contributed by atoms with E-state index in [1.807, 2.05) is 13.1 Å². The second-order valence-corrected chi connectivity index (χ2v) is 7.41. The summed E-state index contributed by atoms with van der Waals surface area (Å²) in [6, 6.07) is 9.78. The molecule has 10 heteroatoms. The van der Waals surface area contributed by atoms with Gasteiger partial charge in [0.15, 0.2) is 5.82 Å². The first-order valence-corrected chi connectivity index (χ1v) is 9.90. The van der Waals surface area contributed by atoms with E-state index in [9.17, 15) is 18.0 Å². The number of nitrogens with one attached hydrogen (secondary N) is 2. The minimum atomic E-state index is -4.48. The molecule has 4 aromatic rings. The maximum Gasteiger partial charge on any atom is 0.416 e. The zero-order valence-electron chi connectivity index (χ0n) is 18.0. The van der Waals surface area contributed by atoms with Gasteiger partial charge in [0.05, 0.1) is 30.4 Å². The quantitative estimate of drug-likeness (QED) is 0.435. The Balaban J connectivity index is 1.64. The van der Waals surface area contributed by atoms with E-state index in [2.05, 4.69) is 20.5 Å². The van der Waals surface area contributed by atoms with Crippen LogP contribution in [0.1, 0.15) is 27.3 Å². The number of carbonyl (C=O) groups excluding carboxylic acids is 1. The number of imidazole rings is 1. The van der Waals surface area contributed by atoms with E-state index < -0.39 is 17.6 Å². The normalized spacial score (nSPS) is 11.5. The molecule has 0 aliphatic carbocycles. The number of amides is 1. The molecule has 0 spiro atoms. The summed E-state index contributed by atoms with van der Waals surface area (Å²) in [4.78, 5) is 17.1. The van der Waals surface area contributed by atoms with Crippen LogP contribution in [-0.4, -0.2) is 32.8 Å². The summed E-state index contributed by atoms with van der Waals surface area (Å²) in [6.07, 6.45) is -1.02. The predicted octanol–water partition coefficient (Wildman–Crippen LogP) is 5.16. The van der Waals surface area contributed by atoms with Crippen molar-refractivity contribution < 1.29 is 22.7 Å². The fourth-order valence-corrected chi connectivity index (χ4v) is 3.49. The molecule has 0 radical (unpaired) electrons. The molecule has 0 saturated carbocycles. The van der Waals surface area contributed by atoms with Crippen molar-refractivity contribution in [1.29, 1.82) is 0 Å². The van der Waals surface area contributed by atoms with Crippen LogP contribution >= 0.6 is 0 Å². The average molecular weight is 455 g/mol. The minimum absolute atomic E-state index is 0.130. The Hall–Kier alpha value is -4.08. The largest absolute Gasteiger partial charge is 0.495 e. The SMILES string of the molecule is COc1cc(C(=O)Nc2n[nH]c(C)c2-c2cccc(C(F)(F)F)c2)ccc1-n1cnc(C)c1. The Morgan fingerprint density at radius 3 is 2.61 bits per heavy atom. The van der Waals surface area contributed by atoms with Crippen molar-refractivity contribution in [1.82, 2.24) is 19.7 Å². The number of H-pyrrole nitrogens is 1. The first-order chi connectivity index (χ1) is 15.7. The number of aromatic nitrogens is 4. The van der Waals surface area contributed by atoms with Crippen molar-refractivity contribution >= 4 is 11.7 Å². The van der Waals surface area contributed by atoms with Crippen LogP contribution in [0.4, 0.5) is 19.0 Å². The molecule has 0 saturated heterocycles. The number of anilines is 1. The Morgan fingerprint density at radius 2 is 1.94 bits per heavy atom. The van der Waals surface area contributed by atoms with Gasteiger partial charge in [0, 0.05) is 23.0 Å². The maximum atomic E-state index is 13.2. The number of hydrogen-bond donors (Lipinski definition) is 2. The first kappa shape index (κ1) is 22.1. The molecule has 1 amide bonds. The molecule has 0 aliphatic rings. The molecule has 2 aromatic heterocycles. The van der Waals surface area contributed by atoms with Gasteiger partial charge in [-0.15, -0.1) is 0 Å². The van der Waals surface area contributed by atoms with E-state index >= 15 is 0 Å². The molecule has 33 heavy (non-hydrogen) atoms. The number of aromatic amines is 1. The van der Waals surface area contributed by atoms with E-state index in [4.69, 9.17) is 4.74 Å². The molecule has 170 valence electrons. The lowest BCUT2D eigenvalue weighted by Crippen LogP contribution is -2.13. The average Bonchev–Trinajstić information content (AvgIpc) is 3.38. The Bertz CT molecular complexity index is 1320. The van der Waals surface area contributed by atoms with E-state index in [1.54, 1.807) is 36.0 Å². The Morgan fingerprint density at radius 1 is 1.15 bits per heavy atom. The number of aryl methyl sites for hydroxylation is 2. The summed E-state index contributed by atoms with van der Waals surface area (Å²) >= 11 is 0. The lowest BCUT2D eigenvalue weighted by atomic mass is 10.0. The van der Waals surface area contributed by atoms with Crippen LogP contribution < -0.4 is 10.1 Å². The van der Waals surface area contributed by atoms with Gasteiger partial charge in [0.1, 0.15) is 5.75 Å². The number of rotatable bonds is 5. The van der Waals surface area contributed by atoms with Gasteiger partial charge in [-0.1, -0.05) is 12.1 Å². The summed E-state index contributed by atoms with van der Waals surface area (Å²) in [7, 11) is 1.49. The van der Waals surface area contributed by atoms with Gasteiger partial charge in [-0.2, -0.15) is 18.3 Å². The van der Waals surface area contributed by atoms with E-state index in [-0.39, 0.29) is 11.4 Å². The molecule has 0 fully saturated rings. The number of hydrogen-bond acceptors (Lipinski definition) is 4. The topological polar surface area (TPSA) is 84.8 Å². The van der Waals surface area contributed by atoms with Crippen LogP contribution in [0.25, 0.3) is 16.8 Å². The third kappa shape index (κ3) is 4.45. The molecule has 7 nitrogen and oxygen atoms in total. The van der Waals surface area contributed by atoms with Gasteiger partial charge in [0.25, 0.3) is 5.91 Å². The molecule has 2 heterocycles. The van der Waals surface area contributed by atoms with E-state index in [0.717, 1.165) is 17.8 Å². The molecular formula is C23H20F3N5O2. The van der Waals surface area contributed by atoms with Crippen molar-refractivity contribution in [3.63, 3.8) is 0 Å². The molecule has 0 atom stereocenters. The number of methoxy groups -OCH3 is 1. The van der Waals surface area contributed by atoms with Gasteiger partial charge >= 0.3 is 6.18 Å². The second-order valence-electron chi connectivity index (χ2n) is 7.41. The third-order valence-corrected chi connectivity index (χ3v) is 5.09. The molecule has 4 rings (SSSR count). The van der Waals surface area contributed by atoms with Crippen LogP contribution in [0.2, 0.25) is 0 Å². The van der Waals surface area contributed by atoms with Crippen LogP contribution in [0.5, 0.6) is 5.75 Å². The molecule has 0 aliphatic heterocycles. The monoisotopic (exact) mass is 455 g/mol. The molecule has 0 unspecified atom stereocenters.